The molecule has 0 spiro atoms. The molecule has 0 bridgehead atoms. The van der Waals surface area contributed by atoms with Crippen LogP contribution in [0, 0.1) is 0 Å². The van der Waals surface area contributed by atoms with Crippen LogP contribution in [-0.4, -0.2) is 75.4 Å². The first-order valence-corrected chi connectivity index (χ1v) is 12.2. The molecule has 0 aromatic heterocycles. The van der Waals surface area contributed by atoms with E-state index in [2.05, 4.69) is 5.32 Å². The zero-order valence-corrected chi connectivity index (χ0v) is 19.8. The first kappa shape index (κ1) is 24.7. The molecule has 10 heteroatoms. The zero-order chi connectivity index (χ0) is 24.0. The second kappa shape index (κ2) is 10.8. The summed E-state index contributed by atoms with van der Waals surface area (Å²) >= 11 is 0. The number of ether oxygens (including phenoxy) is 2. The molecule has 33 heavy (non-hydrogen) atoms. The van der Waals surface area contributed by atoms with Crippen LogP contribution in [0.25, 0.3) is 0 Å². The van der Waals surface area contributed by atoms with Crippen molar-refractivity contribution in [2.45, 2.75) is 24.8 Å². The largest absolute Gasteiger partial charge is 0.497 e. The van der Waals surface area contributed by atoms with E-state index in [0.717, 1.165) is 0 Å². The molecule has 0 unspecified atom stereocenters. The summed E-state index contributed by atoms with van der Waals surface area (Å²) in [6.07, 6.45) is 0. The topological polar surface area (TPSA) is 105 Å². The zero-order valence-electron chi connectivity index (χ0n) is 19.0. The summed E-state index contributed by atoms with van der Waals surface area (Å²) in [5, 5.41) is 2.87. The molecule has 2 aromatic carbocycles. The molecule has 1 heterocycles. The van der Waals surface area contributed by atoms with Gasteiger partial charge >= 0.3 is 5.97 Å². The van der Waals surface area contributed by atoms with Crippen molar-refractivity contribution in [2.75, 3.05) is 45.2 Å². The predicted molar refractivity (Wildman–Crippen MR) is 124 cm³/mol. The first-order valence-electron chi connectivity index (χ1n) is 10.7. The third-order valence-corrected chi connectivity index (χ3v) is 7.45. The van der Waals surface area contributed by atoms with Crippen LogP contribution < -0.4 is 10.1 Å². The van der Waals surface area contributed by atoms with Gasteiger partial charge in [0.05, 0.1) is 30.2 Å². The number of esters is 1. The Morgan fingerprint density at radius 2 is 1.73 bits per heavy atom. The summed E-state index contributed by atoms with van der Waals surface area (Å²) in [6.45, 7) is 5.13. The lowest BCUT2D eigenvalue weighted by molar-refractivity contribution is -0.121. The van der Waals surface area contributed by atoms with Gasteiger partial charge < -0.3 is 14.8 Å². The van der Waals surface area contributed by atoms with E-state index in [-0.39, 0.29) is 30.5 Å². The number of amides is 1. The van der Waals surface area contributed by atoms with Crippen LogP contribution in [0.5, 0.6) is 5.75 Å². The highest BCUT2D eigenvalue weighted by atomic mass is 32.2. The number of methoxy groups -OCH3 is 1. The third kappa shape index (κ3) is 5.89. The lowest BCUT2D eigenvalue weighted by Gasteiger charge is -2.36. The standard InChI is InChI=1S/C23H29N3O6S/c1-4-32-23(28)18-8-10-21(11-9-18)33(29,30)26-14-12-25(13-15-26)17(2)22(27)24-19-6-5-7-20(16-19)31-3/h5-11,16-17H,4,12-15H2,1-3H3,(H,24,27)/t17-/m0/s1. The molecule has 1 aliphatic heterocycles. The molecule has 1 saturated heterocycles. The van der Waals surface area contributed by atoms with E-state index in [1.807, 2.05) is 4.90 Å². The van der Waals surface area contributed by atoms with E-state index in [4.69, 9.17) is 9.47 Å². The van der Waals surface area contributed by atoms with Crippen molar-refractivity contribution in [1.82, 2.24) is 9.21 Å². The molecular weight excluding hydrogens is 446 g/mol. The second-order valence-corrected chi connectivity index (χ2v) is 9.52. The van der Waals surface area contributed by atoms with Crippen LogP contribution in [0.4, 0.5) is 5.69 Å². The normalized spacial score (nSPS) is 16.1. The summed E-state index contributed by atoms with van der Waals surface area (Å²) in [5.41, 5.74) is 0.940. The Bertz CT molecular complexity index is 1080. The van der Waals surface area contributed by atoms with E-state index < -0.39 is 22.0 Å². The van der Waals surface area contributed by atoms with Gasteiger partial charge in [0.1, 0.15) is 5.75 Å². The minimum absolute atomic E-state index is 0.118. The molecule has 3 rings (SSSR count). The number of carbonyl (C=O) groups is 2. The van der Waals surface area contributed by atoms with E-state index in [1.54, 1.807) is 45.2 Å². The van der Waals surface area contributed by atoms with Crippen LogP contribution in [0.2, 0.25) is 0 Å². The predicted octanol–water partition coefficient (Wildman–Crippen LogP) is 2.21. The van der Waals surface area contributed by atoms with Crippen molar-refractivity contribution in [1.29, 1.82) is 0 Å². The van der Waals surface area contributed by atoms with Gasteiger partial charge in [-0.2, -0.15) is 4.31 Å². The number of nitrogens with one attached hydrogen (secondary N) is 1. The van der Waals surface area contributed by atoms with Gasteiger partial charge in [-0.05, 0) is 50.2 Å². The maximum Gasteiger partial charge on any atom is 0.338 e. The molecule has 2 aromatic rings. The van der Waals surface area contributed by atoms with Gasteiger partial charge in [0.25, 0.3) is 0 Å². The monoisotopic (exact) mass is 475 g/mol. The molecule has 0 saturated carbocycles. The number of sulfonamides is 1. The molecule has 1 amide bonds. The number of piperazine rings is 1. The van der Waals surface area contributed by atoms with Crippen molar-refractivity contribution in [3.05, 3.63) is 54.1 Å². The van der Waals surface area contributed by atoms with E-state index in [9.17, 15) is 18.0 Å². The summed E-state index contributed by atoms with van der Waals surface area (Å²) < 4.78 is 37.5. The van der Waals surface area contributed by atoms with Gasteiger partial charge in [0, 0.05) is 37.9 Å². The number of anilines is 1. The Morgan fingerprint density at radius 1 is 1.06 bits per heavy atom. The Labute approximate surface area is 194 Å². The quantitative estimate of drug-likeness (QED) is 0.584. The van der Waals surface area contributed by atoms with Gasteiger partial charge in [0.15, 0.2) is 0 Å². The molecular formula is C23H29N3O6S. The molecule has 1 aliphatic rings. The fourth-order valence-electron chi connectivity index (χ4n) is 3.57. The van der Waals surface area contributed by atoms with E-state index in [1.165, 1.54) is 28.6 Å². The van der Waals surface area contributed by atoms with Gasteiger partial charge in [0.2, 0.25) is 15.9 Å². The SMILES string of the molecule is CCOC(=O)c1ccc(S(=O)(=O)N2CCN([C@@H](C)C(=O)Nc3cccc(OC)c3)CC2)cc1. The molecule has 1 N–H and O–H groups in total. The second-order valence-electron chi connectivity index (χ2n) is 7.58. The summed E-state index contributed by atoms with van der Waals surface area (Å²) in [4.78, 5) is 26.5. The van der Waals surface area contributed by atoms with Crippen molar-refractivity contribution >= 4 is 27.6 Å². The van der Waals surface area contributed by atoms with Gasteiger partial charge in [-0.3, -0.25) is 9.69 Å². The van der Waals surface area contributed by atoms with E-state index >= 15 is 0 Å². The van der Waals surface area contributed by atoms with Crippen molar-refractivity contribution < 1.29 is 27.5 Å². The maximum absolute atomic E-state index is 13.0. The minimum Gasteiger partial charge on any atom is -0.497 e. The summed E-state index contributed by atoms with van der Waals surface area (Å²) in [6, 6.07) is 12.4. The molecule has 0 radical (unpaired) electrons. The van der Waals surface area contributed by atoms with Gasteiger partial charge in [-0.15, -0.1) is 0 Å². The lowest BCUT2D eigenvalue weighted by atomic mass is 10.2. The fraction of sp³-hybridized carbons (Fsp3) is 0.391. The van der Waals surface area contributed by atoms with Crippen LogP contribution in [0.15, 0.2) is 53.4 Å². The molecule has 1 atom stereocenters. The fourth-order valence-corrected chi connectivity index (χ4v) is 4.99. The van der Waals surface area contributed by atoms with Gasteiger partial charge in [-0.1, -0.05) is 6.07 Å². The Morgan fingerprint density at radius 3 is 2.33 bits per heavy atom. The molecule has 1 fully saturated rings. The number of hydrogen-bond donors (Lipinski definition) is 1. The van der Waals surface area contributed by atoms with Gasteiger partial charge in [-0.25, -0.2) is 13.2 Å². The number of carbonyl (C=O) groups excluding carboxylic acids is 2. The average molecular weight is 476 g/mol. The number of rotatable bonds is 8. The van der Waals surface area contributed by atoms with Crippen molar-refractivity contribution in [3.63, 3.8) is 0 Å². The Balaban J connectivity index is 1.58. The average Bonchev–Trinajstić information content (AvgIpc) is 2.84. The Kier molecular flexibility index (Phi) is 8.06. The third-order valence-electron chi connectivity index (χ3n) is 5.54. The summed E-state index contributed by atoms with van der Waals surface area (Å²) in [7, 11) is -2.14. The highest BCUT2D eigenvalue weighted by Gasteiger charge is 2.32. The maximum atomic E-state index is 13.0. The van der Waals surface area contributed by atoms with Crippen molar-refractivity contribution in [2.24, 2.45) is 0 Å². The number of benzene rings is 2. The molecule has 0 aliphatic carbocycles. The highest BCUT2D eigenvalue weighted by molar-refractivity contribution is 7.89. The minimum atomic E-state index is -3.70. The first-order chi connectivity index (χ1) is 15.8. The van der Waals surface area contributed by atoms with Crippen LogP contribution in [-0.2, 0) is 19.6 Å². The Hall–Kier alpha value is -2.95. The highest BCUT2D eigenvalue weighted by Crippen LogP contribution is 2.21. The molecule has 178 valence electrons. The van der Waals surface area contributed by atoms with Crippen LogP contribution >= 0.6 is 0 Å². The number of nitrogens with zero attached hydrogens (tertiary/aromatic N) is 2. The smallest absolute Gasteiger partial charge is 0.338 e. The van der Waals surface area contributed by atoms with Crippen molar-refractivity contribution in [3.8, 4) is 5.75 Å². The van der Waals surface area contributed by atoms with Crippen LogP contribution in [0.1, 0.15) is 24.2 Å². The number of hydrogen-bond acceptors (Lipinski definition) is 7. The van der Waals surface area contributed by atoms with E-state index in [0.29, 0.717) is 30.1 Å². The molecule has 9 nitrogen and oxygen atoms in total. The summed E-state index contributed by atoms with van der Waals surface area (Å²) in [5.74, 6) is -0.0139. The lowest BCUT2D eigenvalue weighted by Crippen LogP contribution is -2.53. The van der Waals surface area contributed by atoms with Crippen LogP contribution in [0.3, 0.4) is 0 Å².